The molecule has 1 aliphatic rings. The summed E-state index contributed by atoms with van der Waals surface area (Å²) in [5, 5.41) is 5.22. The van der Waals surface area contributed by atoms with E-state index in [1.807, 2.05) is 6.07 Å². The lowest BCUT2D eigenvalue weighted by Crippen LogP contribution is -2.24. The van der Waals surface area contributed by atoms with Crippen LogP contribution >= 0.6 is 0 Å². The number of hydrogen-bond acceptors (Lipinski definition) is 3. The Kier molecular flexibility index (Phi) is 3.46. The van der Waals surface area contributed by atoms with Gasteiger partial charge >= 0.3 is 0 Å². The smallest absolute Gasteiger partial charge is 0.133 e. The molecule has 116 valence electrons. The standard InChI is InChI=1S/C19H18FN3/c1-23-12-14-4-2-3-5-16(14)18(23)11-22-19-17-10-15(20)7-6-13(17)8-9-21-19/h2-10,18H,11-12H2,1H3,(H,21,22). The van der Waals surface area contributed by atoms with E-state index in [9.17, 15) is 4.39 Å². The van der Waals surface area contributed by atoms with Crippen molar-refractivity contribution in [2.75, 3.05) is 18.9 Å². The normalized spacial score (nSPS) is 17.4. The van der Waals surface area contributed by atoms with Gasteiger partial charge in [-0.3, -0.25) is 4.90 Å². The van der Waals surface area contributed by atoms with Crippen molar-refractivity contribution in [1.82, 2.24) is 9.88 Å². The maximum absolute atomic E-state index is 13.6. The summed E-state index contributed by atoms with van der Waals surface area (Å²) >= 11 is 0. The first-order valence-corrected chi connectivity index (χ1v) is 7.78. The van der Waals surface area contributed by atoms with Crippen LogP contribution in [0.1, 0.15) is 17.2 Å². The van der Waals surface area contributed by atoms with Crippen molar-refractivity contribution in [2.24, 2.45) is 0 Å². The van der Waals surface area contributed by atoms with Gasteiger partial charge in [0.1, 0.15) is 11.6 Å². The van der Waals surface area contributed by atoms with E-state index in [1.54, 1.807) is 12.3 Å². The minimum Gasteiger partial charge on any atom is -0.368 e. The van der Waals surface area contributed by atoms with Crippen LogP contribution in [0.2, 0.25) is 0 Å². The molecule has 3 aromatic rings. The number of hydrogen-bond donors (Lipinski definition) is 1. The van der Waals surface area contributed by atoms with Crippen LogP contribution in [0.4, 0.5) is 10.2 Å². The summed E-state index contributed by atoms with van der Waals surface area (Å²) in [6, 6.07) is 15.5. The average Bonchev–Trinajstić information content (AvgIpc) is 2.88. The van der Waals surface area contributed by atoms with Crippen molar-refractivity contribution in [1.29, 1.82) is 0 Å². The van der Waals surface area contributed by atoms with Gasteiger partial charge in [0.15, 0.2) is 0 Å². The number of anilines is 1. The lowest BCUT2D eigenvalue weighted by Gasteiger charge is -2.21. The molecule has 1 aliphatic heterocycles. The topological polar surface area (TPSA) is 28.2 Å². The molecule has 1 aromatic heterocycles. The molecule has 4 rings (SSSR count). The van der Waals surface area contributed by atoms with E-state index < -0.39 is 0 Å². The number of pyridine rings is 1. The number of aromatic nitrogens is 1. The SMILES string of the molecule is CN1Cc2ccccc2C1CNc1nccc2ccc(F)cc12. The Balaban J connectivity index is 1.62. The van der Waals surface area contributed by atoms with Crippen LogP contribution < -0.4 is 5.32 Å². The Morgan fingerprint density at radius 1 is 1.22 bits per heavy atom. The summed E-state index contributed by atoms with van der Waals surface area (Å²) in [5.41, 5.74) is 2.73. The predicted molar refractivity (Wildman–Crippen MR) is 90.8 cm³/mol. The van der Waals surface area contributed by atoms with Crippen molar-refractivity contribution in [3.63, 3.8) is 0 Å². The highest BCUT2D eigenvalue weighted by Crippen LogP contribution is 2.32. The van der Waals surface area contributed by atoms with Crippen molar-refractivity contribution in [2.45, 2.75) is 12.6 Å². The van der Waals surface area contributed by atoms with Gasteiger partial charge < -0.3 is 5.32 Å². The highest BCUT2D eigenvalue weighted by atomic mass is 19.1. The van der Waals surface area contributed by atoms with Crippen molar-refractivity contribution >= 4 is 16.6 Å². The minimum absolute atomic E-state index is 0.239. The second-order valence-corrected chi connectivity index (χ2v) is 6.04. The Morgan fingerprint density at radius 2 is 2.09 bits per heavy atom. The number of nitrogens with one attached hydrogen (secondary N) is 1. The van der Waals surface area contributed by atoms with E-state index in [4.69, 9.17) is 0 Å². The highest BCUT2D eigenvalue weighted by molar-refractivity contribution is 5.91. The van der Waals surface area contributed by atoms with Gasteiger partial charge in [-0.1, -0.05) is 30.3 Å². The average molecular weight is 307 g/mol. The Labute approximate surface area is 134 Å². The first kappa shape index (κ1) is 14.2. The van der Waals surface area contributed by atoms with Gasteiger partial charge in [-0.2, -0.15) is 0 Å². The van der Waals surface area contributed by atoms with Crippen LogP contribution in [0, 0.1) is 5.82 Å². The fourth-order valence-corrected chi connectivity index (χ4v) is 3.36. The Bertz CT molecular complexity index is 862. The van der Waals surface area contributed by atoms with E-state index in [2.05, 4.69) is 46.5 Å². The predicted octanol–water partition coefficient (Wildman–Crippen LogP) is 3.97. The molecular weight excluding hydrogens is 289 g/mol. The van der Waals surface area contributed by atoms with Gasteiger partial charge in [-0.25, -0.2) is 9.37 Å². The van der Waals surface area contributed by atoms with Crippen LogP contribution in [-0.2, 0) is 6.54 Å². The van der Waals surface area contributed by atoms with Gasteiger partial charge in [-0.15, -0.1) is 0 Å². The third-order valence-electron chi connectivity index (χ3n) is 4.56. The monoisotopic (exact) mass is 307 g/mol. The van der Waals surface area contributed by atoms with Gasteiger partial charge in [0.25, 0.3) is 0 Å². The first-order valence-electron chi connectivity index (χ1n) is 7.78. The lowest BCUT2D eigenvalue weighted by molar-refractivity contribution is 0.279. The number of likely N-dealkylation sites (N-methyl/N-ethyl adjacent to an activating group) is 1. The molecular formula is C19H18FN3. The quantitative estimate of drug-likeness (QED) is 0.793. The van der Waals surface area contributed by atoms with E-state index in [0.29, 0.717) is 6.04 Å². The number of nitrogens with zero attached hydrogens (tertiary/aromatic N) is 2. The van der Waals surface area contributed by atoms with Gasteiger partial charge in [0.2, 0.25) is 0 Å². The number of halogens is 1. The molecule has 1 unspecified atom stereocenters. The maximum atomic E-state index is 13.6. The van der Waals surface area contributed by atoms with E-state index in [0.717, 1.165) is 29.7 Å². The van der Waals surface area contributed by atoms with Crippen LogP contribution in [0.25, 0.3) is 10.8 Å². The molecule has 2 aromatic carbocycles. The van der Waals surface area contributed by atoms with Crippen molar-refractivity contribution in [3.05, 3.63) is 71.7 Å². The summed E-state index contributed by atoms with van der Waals surface area (Å²) in [4.78, 5) is 6.72. The molecule has 3 nitrogen and oxygen atoms in total. The number of benzene rings is 2. The summed E-state index contributed by atoms with van der Waals surface area (Å²) in [5.74, 6) is 0.497. The zero-order valence-corrected chi connectivity index (χ0v) is 13.0. The van der Waals surface area contributed by atoms with E-state index >= 15 is 0 Å². The molecule has 0 amide bonds. The second kappa shape index (κ2) is 5.63. The van der Waals surface area contributed by atoms with Crippen LogP contribution in [-0.4, -0.2) is 23.5 Å². The molecule has 1 N–H and O–H groups in total. The molecule has 0 saturated carbocycles. The zero-order valence-electron chi connectivity index (χ0n) is 13.0. The molecule has 0 radical (unpaired) electrons. The van der Waals surface area contributed by atoms with Crippen LogP contribution in [0.3, 0.4) is 0 Å². The summed E-state index contributed by atoms with van der Waals surface area (Å²) in [6.07, 6.45) is 1.76. The van der Waals surface area contributed by atoms with E-state index in [-0.39, 0.29) is 5.82 Å². The number of rotatable bonds is 3. The maximum Gasteiger partial charge on any atom is 0.133 e. The van der Waals surface area contributed by atoms with Crippen molar-refractivity contribution < 1.29 is 4.39 Å². The van der Waals surface area contributed by atoms with Crippen molar-refractivity contribution in [3.8, 4) is 0 Å². The third kappa shape index (κ3) is 2.55. The summed E-state index contributed by atoms with van der Waals surface area (Å²) in [6.45, 7) is 1.70. The second-order valence-electron chi connectivity index (χ2n) is 6.04. The fraction of sp³-hybridized carbons (Fsp3) is 0.211. The Hall–Kier alpha value is -2.46. The molecule has 1 atom stereocenters. The van der Waals surface area contributed by atoms with Crippen LogP contribution in [0.15, 0.2) is 54.7 Å². The van der Waals surface area contributed by atoms with Gasteiger partial charge in [0, 0.05) is 24.7 Å². The van der Waals surface area contributed by atoms with E-state index in [1.165, 1.54) is 23.3 Å². The molecule has 4 heteroatoms. The molecule has 0 fully saturated rings. The molecule has 23 heavy (non-hydrogen) atoms. The Morgan fingerprint density at radius 3 is 3.00 bits per heavy atom. The molecule has 2 heterocycles. The number of fused-ring (bicyclic) bond motifs is 2. The first-order chi connectivity index (χ1) is 11.2. The molecule has 0 aliphatic carbocycles. The molecule has 0 saturated heterocycles. The van der Waals surface area contributed by atoms with Crippen LogP contribution in [0.5, 0.6) is 0 Å². The van der Waals surface area contributed by atoms with Gasteiger partial charge in [0.05, 0.1) is 6.04 Å². The fourth-order valence-electron chi connectivity index (χ4n) is 3.36. The van der Waals surface area contributed by atoms with Gasteiger partial charge in [-0.05, 0) is 41.8 Å². The highest BCUT2D eigenvalue weighted by Gasteiger charge is 2.26. The summed E-state index contributed by atoms with van der Waals surface area (Å²) < 4.78 is 13.6. The lowest BCUT2D eigenvalue weighted by atomic mass is 10.0. The zero-order chi connectivity index (χ0) is 15.8. The minimum atomic E-state index is -0.239. The largest absolute Gasteiger partial charge is 0.368 e. The summed E-state index contributed by atoms with van der Waals surface area (Å²) in [7, 11) is 2.13. The molecule has 0 bridgehead atoms. The third-order valence-corrected chi connectivity index (χ3v) is 4.56. The molecule has 0 spiro atoms.